The zero-order valence-corrected chi connectivity index (χ0v) is 13.6. The van der Waals surface area contributed by atoms with Crippen LogP contribution in [0.5, 0.6) is 0 Å². The minimum absolute atomic E-state index is 0. The van der Waals surface area contributed by atoms with Crippen LogP contribution in [-0.4, -0.2) is 28.2 Å². The smallest absolute Gasteiger partial charge is 0.220 e. The number of fused-ring (bicyclic) bond motifs is 3. The molecule has 1 aliphatic carbocycles. The van der Waals surface area contributed by atoms with Gasteiger partial charge >= 0.3 is 0 Å². The van der Waals surface area contributed by atoms with Crippen LogP contribution in [0.1, 0.15) is 62.2 Å². The Morgan fingerprint density at radius 1 is 1.27 bits per heavy atom. The van der Waals surface area contributed by atoms with E-state index in [1.165, 1.54) is 31.2 Å². The lowest BCUT2D eigenvalue weighted by atomic mass is 9.89. The molecule has 0 spiro atoms. The maximum absolute atomic E-state index is 12.4. The van der Waals surface area contributed by atoms with Crippen molar-refractivity contribution in [1.82, 2.24) is 20.8 Å². The highest BCUT2D eigenvalue weighted by Crippen LogP contribution is 2.33. The molecule has 0 aromatic carbocycles. The highest BCUT2D eigenvalue weighted by atomic mass is 35.5. The fourth-order valence-electron chi connectivity index (χ4n) is 4.46. The minimum atomic E-state index is 0. The SMILES string of the molecule is Cl.O=C(CC1CC2CCC(C1)N2)NC1CCCc2cn[nH]c21. The quantitative estimate of drug-likeness (QED) is 0.798. The Balaban J connectivity index is 0.00000144. The Bertz CT molecular complexity index is 520. The molecular formula is C16H25ClN4O. The molecule has 2 saturated heterocycles. The van der Waals surface area contributed by atoms with Gasteiger partial charge in [-0.2, -0.15) is 5.10 Å². The van der Waals surface area contributed by atoms with Crippen molar-refractivity contribution >= 4 is 18.3 Å². The number of amides is 1. The third-order valence-electron chi connectivity index (χ3n) is 5.42. The molecule has 3 heterocycles. The lowest BCUT2D eigenvalue weighted by molar-refractivity contribution is -0.123. The van der Waals surface area contributed by atoms with E-state index >= 15 is 0 Å². The van der Waals surface area contributed by atoms with Crippen molar-refractivity contribution in [2.75, 3.05) is 0 Å². The minimum Gasteiger partial charge on any atom is -0.348 e. The first-order valence-electron chi connectivity index (χ1n) is 8.35. The first-order chi connectivity index (χ1) is 10.3. The average molecular weight is 325 g/mol. The predicted molar refractivity (Wildman–Crippen MR) is 86.9 cm³/mol. The molecule has 3 N–H and O–H groups in total. The second-order valence-corrected chi connectivity index (χ2v) is 7.00. The number of hydrogen-bond donors (Lipinski definition) is 3. The number of aromatic nitrogens is 2. The van der Waals surface area contributed by atoms with E-state index in [4.69, 9.17) is 0 Å². The van der Waals surface area contributed by atoms with Crippen molar-refractivity contribution in [3.63, 3.8) is 0 Å². The molecule has 122 valence electrons. The zero-order chi connectivity index (χ0) is 14.2. The van der Waals surface area contributed by atoms with Crippen molar-refractivity contribution in [2.24, 2.45) is 5.92 Å². The Hall–Kier alpha value is -1.07. The Morgan fingerprint density at radius 2 is 2.05 bits per heavy atom. The van der Waals surface area contributed by atoms with E-state index in [2.05, 4.69) is 20.8 Å². The topological polar surface area (TPSA) is 69.8 Å². The van der Waals surface area contributed by atoms with Crippen LogP contribution in [0.3, 0.4) is 0 Å². The van der Waals surface area contributed by atoms with Crippen molar-refractivity contribution in [3.8, 4) is 0 Å². The van der Waals surface area contributed by atoms with Gasteiger partial charge in [-0.15, -0.1) is 12.4 Å². The van der Waals surface area contributed by atoms with E-state index in [0.717, 1.165) is 25.0 Å². The number of nitrogens with one attached hydrogen (secondary N) is 3. The van der Waals surface area contributed by atoms with Crippen LogP contribution in [-0.2, 0) is 11.2 Å². The fourth-order valence-corrected chi connectivity index (χ4v) is 4.46. The lowest BCUT2D eigenvalue weighted by Gasteiger charge is -2.29. The number of nitrogens with zero attached hydrogens (tertiary/aromatic N) is 1. The van der Waals surface area contributed by atoms with Gasteiger partial charge in [0.25, 0.3) is 0 Å². The van der Waals surface area contributed by atoms with Crippen LogP contribution in [0.2, 0.25) is 0 Å². The number of H-pyrrole nitrogens is 1. The molecule has 3 unspecified atom stereocenters. The molecule has 3 aliphatic rings. The molecule has 1 aromatic rings. The molecule has 0 radical (unpaired) electrons. The highest BCUT2D eigenvalue weighted by molar-refractivity contribution is 5.85. The van der Waals surface area contributed by atoms with Crippen LogP contribution in [0.25, 0.3) is 0 Å². The maximum atomic E-state index is 12.4. The number of hydrogen-bond acceptors (Lipinski definition) is 3. The van der Waals surface area contributed by atoms with Gasteiger partial charge in [0.05, 0.1) is 17.9 Å². The zero-order valence-electron chi connectivity index (χ0n) is 12.8. The first kappa shape index (κ1) is 15.8. The fraction of sp³-hybridized carbons (Fsp3) is 0.750. The van der Waals surface area contributed by atoms with Gasteiger partial charge in [0.2, 0.25) is 5.91 Å². The molecular weight excluding hydrogens is 300 g/mol. The summed E-state index contributed by atoms with van der Waals surface area (Å²) in [5, 5.41) is 14.1. The number of rotatable bonds is 3. The van der Waals surface area contributed by atoms with Crippen molar-refractivity contribution in [1.29, 1.82) is 0 Å². The standard InChI is InChI=1S/C16H24N4O.ClH/c21-15(8-10-6-12-4-5-13(7-10)18-12)19-14-3-1-2-11-9-17-20-16(11)14;/h9-10,12-14,18H,1-8H2,(H,17,20)(H,19,21);1H. The summed E-state index contributed by atoms with van der Waals surface area (Å²) in [7, 11) is 0. The highest BCUT2D eigenvalue weighted by Gasteiger charge is 2.34. The summed E-state index contributed by atoms with van der Waals surface area (Å²) in [5.74, 6) is 0.780. The summed E-state index contributed by atoms with van der Waals surface area (Å²) >= 11 is 0. The summed E-state index contributed by atoms with van der Waals surface area (Å²) in [6.07, 6.45) is 10.8. The summed E-state index contributed by atoms with van der Waals surface area (Å²) in [6.45, 7) is 0. The van der Waals surface area contributed by atoms with Crippen LogP contribution >= 0.6 is 12.4 Å². The van der Waals surface area contributed by atoms with E-state index in [0.29, 0.717) is 24.4 Å². The normalized spacial score (nSPS) is 32.9. The van der Waals surface area contributed by atoms with Gasteiger partial charge in [-0.3, -0.25) is 9.89 Å². The van der Waals surface area contributed by atoms with E-state index in [1.54, 1.807) is 0 Å². The first-order valence-corrected chi connectivity index (χ1v) is 8.35. The third kappa shape index (κ3) is 3.15. The molecule has 5 nitrogen and oxygen atoms in total. The van der Waals surface area contributed by atoms with Crippen molar-refractivity contribution in [3.05, 3.63) is 17.5 Å². The van der Waals surface area contributed by atoms with E-state index in [9.17, 15) is 4.79 Å². The monoisotopic (exact) mass is 324 g/mol. The second-order valence-electron chi connectivity index (χ2n) is 7.00. The molecule has 22 heavy (non-hydrogen) atoms. The van der Waals surface area contributed by atoms with Gasteiger partial charge < -0.3 is 10.6 Å². The van der Waals surface area contributed by atoms with Gasteiger partial charge in [0.15, 0.2) is 0 Å². The summed E-state index contributed by atoms with van der Waals surface area (Å²) in [4.78, 5) is 12.4. The van der Waals surface area contributed by atoms with Crippen LogP contribution in [0, 0.1) is 5.92 Å². The molecule has 2 fully saturated rings. The van der Waals surface area contributed by atoms with E-state index < -0.39 is 0 Å². The summed E-state index contributed by atoms with van der Waals surface area (Å²) < 4.78 is 0. The molecule has 0 saturated carbocycles. The molecule has 2 aliphatic heterocycles. The average Bonchev–Trinajstić information content (AvgIpc) is 3.06. The Kier molecular flexibility index (Phi) is 4.73. The molecule has 4 rings (SSSR count). The van der Waals surface area contributed by atoms with Gasteiger partial charge in [0, 0.05) is 18.5 Å². The number of aryl methyl sites for hydroxylation is 1. The lowest BCUT2D eigenvalue weighted by Crippen LogP contribution is -2.40. The largest absolute Gasteiger partial charge is 0.348 e. The van der Waals surface area contributed by atoms with Gasteiger partial charge in [-0.1, -0.05) is 0 Å². The number of carbonyl (C=O) groups is 1. The summed E-state index contributed by atoms with van der Waals surface area (Å²) in [5.41, 5.74) is 2.39. The third-order valence-corrected chi connectivity index (χ3v) is 5.42. The van der Waals surface area contributed by atoms with Crippen molar-refractivity contribution in [2.45, 2.75) is 69.5 Å². The van der Waals surface area contributed by atoms with Gasteiger partial charge in [0.1, 0.15) is 0 Å². The molecule has 6 heteroatoms. The van der Waals surface area contributed by atoms with Crippen LogP contribution < -0.4 is 10.6 Å². The molecule has 1 aromatic heterocycles. The molecule has 2 bridgehead atoms. The second kappa shape index (κ2) is 6.59. The number of halogens is 1. The van der Waals surface area contributed by atoms with Crippen LogP contribution in [0.4, 0.5) is 0 Å². The Labute approximate surface area is 137 Å². The predicted octanol–water partition coefficient (Wildman–Crippen LogP) is 2.25. The maximum Gasteiger partial charge on any atom is 0.220 e. The Morgan fingerprint density at radius 3 is 2.82 bits per heavy atom. The molecule has 1 amide bonds. The van der Waals surface area contributed by atoms with Crippen LogP contribution in [0.15, 0.2) is 6.20 Å². The summed E-state index contributed by atoms with van der Waals surface area (Å²) in [6, 6.07) is 1.47. The molecule has 3 atom stereocenters. The number of carbonyl (C=O) groups excluding carboxylic acids is 1. The van der Waals surface area contributed by atoms with Crippen molar-refractivity contribution < 1.29 is 4.79 Å². The number of piperidine rings is 1. The van der Waals surface area contributed by atoms with Gasteiger partial charge in [-0.25, -0.2) is 0 Å². The van der Waals surface area contributed by atoms with Gasteiger partial charge in [-0.05, 0) is 56.4 Å². The van der Waals surface area contributed by atoms with E-state index in [-0.39, 0.29) is 24.4 Å². The van der Waals surface area contributed by atoms with E-state index in [1.807, 2.05) is 6.20 Å². The number of aromatic amines is 1.